The van der Waals surface area contributed by atoms with E-state index in [1.54, 1.807) is 12.3 Å². The van der Waals surface area contributed by atoms with E-state index >= 15 is 0 Å². The number of rotatable bonds is 7. The largest absolute Gasteiger partial charge is 0.481 e. The van der Waals surface area contributed by atoms with E-state index in [0.717, 1.165) is 19.3 Å². The Morgan fingerprint density at radius 3 is 2.80 bits per heavy atom. The van der Waals surface area contributed by atoms with Gasteiger partial charge in [-0.05, 0) is 24.8 Å². The van der Waals surface area contributed by atoms with Crippen LogP contribution in [0.2, 0.25) is 5.02 Å². The summed E-state index contributed by atoms with van der Waals surface area (Å²) in [6.45, 7) is 2.29. The fraction of sp³-hybridized carbons (Fsp3) is 0.571. The normalized spacial score (nSPS) is 15.9. The van der Waals surface area contributed by atoms with Crippen molar-refractivity contribution in [3.8, 4) is 0 Å². The third kappa shape index (κ3) is 3.76. The Labute approximate surface area is 122 Å². The van der Waals surface area contributed by atoms with Crippen LogP contribution in [0.25, 0.3) is 0 Å². The summed E-state index contributed by atoms with van der Waals surface area (Å²) in [5.74, 6) is -1.07. The average Bonchev–Trinajstić information content (AvgIpc) is 3.16. The molecule has 1 saturated carbocycles. The smallest absolute Gasteiger partial charge is 0.303 e. The zero-order valence-electron chi connectivity index (χ0n) is 11.4. The molecule has 5 nitrogen and oxygen atoms in total. The minimum atomic E-state index is -0.838. The van der Waals surface area contributed by atoms with Crippen LogP contribution in [-0.4, -0.2) is 28.1 Å². The number of halogens is 1. The Kier molecular flexibility index (Phi) is 4.70. The van der Waals surface area contributed by atoms with Crippen molar-refractivity contribution in [2.75, 3.05) is 6.54 Å². The van der Waals surface area contributed by atoms with Crippen molar-refractivity contribution in [3.05, 3.63) is 23.0 Å². The topological polar surface area (TPSA) is 71.3 Å². The second-order valence-corrected chi connectivity index (χ2v) is 5.70. The van der Waals surface area contributed by atoms with Gasteiger partial charge in [0.25, 0.3) is 5.91 Å². The van der Waals surface area contributed by atoms with E-state index in [4.69, 9.17) is 16.7 Å². The maximum absolute atomic E-state index is 12.2. The van der Waals surface area contributed by atoms with Gasteiger partial charge >= 0.3 is 5.97 Å². The van der Waals surface area contributed by atoms with Crippen LogP contribution in [0.3, 0.4) is 0 Å². The minimum Gasteiger partial charge on any atom is -0.481 e. The first kappa shape index (κ1) is 14.9. The van der Waals surface area contributed by atoms with E-state index in [2.05, 4.69) is 5.32 Å². The highest BCUT2D eigenvalue weighted by atomic mass is 35.5. The summed E-state index contributed by atoms with van der Waals surface area (Å²) in [5.41, 5.74) is 0.558. The van der Waals surface area contributed by atoms with Gasteiger partial charge in [0, 0.05) is 25.2 Å². The lowest BCUT2D eigenvalue weighted by Gasteiger charge is -2.14. The lowest BCUT2D eigenvalue weighted by atomic mass is 10.0. The Morgan fingerprint density at radius 2 is 2.25 bits per heavy atom. The fourth-order valence-corrected chi connectivity index (χ4v) is 2.43. The second kappa shape index (κ2) is 6.31. The molecular weight excluding hydrogens is 280 g/mol. The van der Waals surface area contributed by atoms with Gasteiger partial charge in [0.05, 0.1) is 5.02 Å². The molecule has 0 radical (unpaired) electrons. The lowest BCUT2D eigenvalue weighted by molar-refractivity contribution is -0.138. The van der Waals surface area contributed by atoms with Crippen molar-refractivity contribution in [2.45, 2.75) is 38.6 Å². The number of amides is 1. The van der Waals surface area contributed by atoms with Crippen LogP contribution in [0.1, 0.15) is 49.1 Å². The first-order valence-corrected chi connectivity index (χ1v) is 7.26. The van der Waals surface area contributed by atoms with Gasteiger partial charge in [0.15, 0.2) is 0 Å². The molecule has 0 aromatic carbocycles. The molecule has 1 aromatic heterocycles. The van der Waals surface area contributed by atoms with Crippen molar-refractivity contribution < 1.29 is 14.7 Å². The van der Waals surface area contributed by atoms with Crippen LogP contribution < -0.4 is 5.32 Å². The minimum absolute atomic E-state index is 0.0451. The van der Waals surface area contributed by atoms with E-state index in [1.165, 1.54) is 0 Å². The van der Waals surface area contributed by atoms with Crippen LogP contribution in [0, 0.1) is 5.92 Å². The molecule has 6 heteroatoms. The zero-order chi connectivity index (χ0) is 14.7. The maximum atomic E-state index is 12.2. The molecule has 0 saturated heterocycles. The third-order valence-corrected chi connectivity index (χ3v) is 3.79. The number of aliphatic carboxylic acids is 1. The van der Waals surface area contributed by atoms with E-state index in [-0.39, 0.29) is 18.2 Å². The molecule has 1 heterocycles. The van der Waals surface area contributed by atoms with Crippen LogP contribution in [-0.2, 0) is 4.79 Å². The van der Waals surface area contributed by atoms with Gasteiger partial charge in [-0.3, -0.25) is 9.59 Å². The van der Waals surface area contributed by atoms with Crippen molar-refractivity contribution in [1.82, 2.24) is 9.88 Å². The molecule has 1 aromatic rings. The number of nitrogens with one attached hydrogen (secondary N) is 1. The molecule has 0 spiro atoms. The lowest BCUT2D eigenvalue weighted by Crippen LogP contribution is -2.31. The molecule has 2 rings (SSSR count). The monoisotopic (exact) mass is 298 g/mol. The Hall–Kier alpha value is -1.49. The molecule has 0 aliphatic heterocycles. The highest BCUT2D eigenvalue weighted by Gasteiger charge is 2.28. The SMILES string of the molecule is CCC(CNC(=O)c1cc(Cl)cn1C1CC1)CC(=O)O. The highest BCUT2D eigenvalue weighted by molar-refractivity contribution is 6.31. The van der Waals surface area contributed by atoms with Gasteiger partial charge in [0.2, 0.25) is 0 Å². The number of carbonyl (C=O) groups excluding carboxylic acids is 1. The summed E-state index contributed by atoms with van der Waals surface area (Å²) in [6.07, 6.45) is 4.71. The predicted octanol–water partition coefficient (Wildman–Crippen LogP) is 2.71. The van der Waals surface area contributed by atoms with E-state index in [0.29, 0.717) is 23.3 Å². The first-order chi connectivity index (χ1) is 9.51. The van der Waals surface area contributed by atoms with E-state index in [9.17, 15) is 9.59 Å². The van der Waals surface area contributed by atoms with Crippen molar-refractivity contribution >= 4 is 23.5 Å². The summed E-state index contributed by atoms with van der Waals surface area (Å²) in [5, 5.41) is 12.2. The molecule has 110 valence electrons. The summed E-state index contributed by atoms with van der Waals surface area (Å²) < 4.78 is 1.91. The molecule has 1 fully saturated rings. The van der Waals surface area contributed by atoms with Crippen LogP contribution in [0.4, 0.5) is 0 Å². The molecule has 1 unspecified atom stereocenters. The van der Waals surface area contributed by atoms with Gasteiger partial charge in [-0.1, -0.05) is 24.9 Å². The number of carbonyl (C=O) groups is 2. The van der Waals surface area contributed by atoms with Crippen molar-refractivity contribution in [3.63, 3.8) is 0 Å². The molecule has 0 bridgehead atoms. The number of hydrogen-bond acceptors (Lipinski definition) is 2. The summed E-state index contributed by atoms with van der Waals surface area (Å²) in [4.78, 5) is 22.9. The number of carboxylic acids is 1. The predicted molar refractivity (Wildman–Crippen MR) is 76.1 cm³/mol. The van der Waals surface area contributed by atoms with Gasteiger partial charge in [-0.2, -0.15) is 0 Å². The molecule has 1 aliphatic carbocycles. The number of aromatic nitrogens is 1. The molecule has 1 atom stereocenters. The van der Waals surface area contributed by atoms with Gasteiger partial charge in [-0.15, -0.1) is 0 Å². The second-order valence-electron chi connectivity index (χ2n) is 5.26. The molecular formula is C14H19ClN2O3. The van der Waals surface area contributed by atoms with Crippen LogP contribution in [0.5, 0.6) is 0 Å². The van der Waals surface area contributed by atoms with E-state index in [1.807, 2.05) is 11.5 Å². The highest BCUT2D eigenvalue weighted by Crippen LogP contribution is 2.37. The molecule has 20 heavy (non-hydrogen) atoms. The Balaban J connectivity index is 1.96. The molecule has 1 amide bonds. The molecule has 1 aliphatic rings. The first-order valence-electron chi connectivity index (χ1n) is 6.88. The Morgan fingerprint density at radius 1 is 1.55 bits per heavy atom. The quantitative estimate of drug-likeness (QED) is 0.813. The third-order valence-electron chi connectivity index (χ3n) is 3.58. The number of nitrogens with zero attached hydrogens (tertiary/aromatic N) is 1. The van der Waals surface area contributed by atoms with Gasteiger partial charge in [-0.25, -0.2) is 0 Å². The van der Waals surface area contributed by atoms with Crippen molar-refractivity contribution in [1.29, 1.82) is 0 Å². The van der Waals surface area contributed by atoms with Crippen LogP contribution >= 0.6 is 11.6 Å². The fourth-order valence-electron chi connectivity index (χ4n) is 2.22. The van der Waals surface area contributed by atoms with Gasteiger partial charge in [0.1, 0.15) is 5.69 Å². The van der Waals surface area contributed by atoms with E-state index < -0.39 is 5.97 Å². The summed E-state index contributed by atoms with van der Waals surface area (Å²) >= 11 is 5.96. The average molecular weight is 299 g/mol. The van der Waals surface area contributed by atoms with Crippen LogP contribution in [0.15, 0.2) is 12.3 Å². The Bertz CT molecular complexity index is 509. The summed E-state index contributed by atoms with van der Waals surface area (Å²) in [6, 6.07) is 2.04. The standard InChI is InChI=1S/C14H19ClN2O3/c1-2-9(5-13(18)19)7-16-14(20)12-6-10(15)8-17(12)11-3-4-11/h6,8-9,11H,2-5,7H2,1H3,(H,16,20)(H,18,19). The molecule has 2 N–H and O–H groups in total. The summed E-state index contributed by atoms with van der Waals surface area (Å²) in [7, 11) is 0. The van der Waals surface area contributed by atoms with Gasteiger partial charge < -0.3 is 15.0 Å². The maximum Gasteiger partial charge on any atom is 0.303 e. The number of carboxylic acid groups (broad SMARTS) is 1. The zero-order valence-corrected chi connectivity index (χ0v) is 12.2. The number of hydrogen-bond donors (Lipinski definition) is 2. The van der Waals surface area contributed by atoms with Crippen molar-refractivity contribution in [2.24, 2.45) is 5.92 Å².